The van der Waals surface area contributed by atoms with Crippen LogP contribution in [0, 0.1) is 5.92 Å². The Morgan fingerprint density at radius 3 is 2.88 bits per heavy atom. The molecule has 0 aliphatic carbocycles. The highest BCUT2D eigenvalue weighted by atomic mass is 16.5. The molecule has 2 rings (SSSR count). The lowest BCUT2D eigenvalue weighted by Gasteiger charge is -2.44. The molecule has 0 aromatic heterocycles. The lowest BCUT2D eigenvalue weighted by Crippen LogP contribution is -2.56. The smallest absolute Gasteiger partial charge is 0.0500 e. The first-order valence-corrected chi connectivity index (χ1v) is 7.21. The quantitative estimate of drug-likeness (QED) is 0.729. The fourth-order valence-corrected chi connectivity index (χ4v) is 3.50. The SMILES string of the molecule is CCC1CN2CCCC2CN1CC(C)COC. The molecule has 0 spiro atoms. The first kappa shape index (κ1) is 13.3. The van der Waals surface area contributed by atoms with Crippen molar-refractivity contribution < 1.29 is 4.74 Å². The van der Waals surface area contributed by atoms with Gasteiger partial charge in [0.2, 0.25) is 0 Å². The Kier molecular flexibility index (Phi) is 4.83. The summed E-state index contributed by atoms with van der Waals surface area (Å²) < 4.78 is 5.26. The maximum Gasteiger partial charge on any atom is 0.0500 e. The molecule has 2 fully saturated rings. The van der Waals surface area contributed by atoms with Crippen molar-refractivity contribution in [2.75, 3.05) is 39.9 Å². The fraction of sp³-hybridized carbons (Fsp3) is 1.00. The summed E-state index contributed by atoms with van der Waals surface area (Å²) in [6, 6.07) is 1.61. The molecule has 0 bridgehead atoms. The minimum absolute atomic E-state index is 0.655. The summed E-state index contributed by atoms with van der Waals surface area (Å²) in [5, 5.41) is 0. The van der Waals surface area contributed by atoms with Gasteiger partial charge in [-0.3, -0.25) is 9.80 Å². The molecule has 0 aromatic rings. The van der Waals surface area contributed by atoms with E-state index < -0.39 is 0 Å². The normalized spacial score (nSPS) is 32.6. The topological polar surface area (TPSA) is 15.7 Å². The van der Waals surface area contributed by atoms with Crippen LogP contribution in [-0.4, -0.2) is 61.8 Å². The number of hydrogen-bond acceptors (Lipinski definition) is 3. The highest BCUT2D eigenvalue weighted by Crippen LogP contribution is 2.26. The van der Waals surface area contributed by atoms with Gasteiger partial charge in [0, 0.05) is 45.4 Å². The molecule has 0 N–H and O–H groups in total. The monoisotopic (exact) mass is 240 g/mol. The second kappa shape index (κ2) is 6.17. The van der Waals surface area contributed by atoms with E-state index in [1.165, 1.54) is 45.4 Å². The molecule has 17 heavy (non-hydrogen) atoms. The van der Waals surface area contributed by atoms with Crippen LogP contribution < -0.4 is 0 Å². The molecule has 0 radical (unpaired) electrons. The van der Waals surface area contributed by atoms with Crippen LogP contribution in [0.15, 0.2) is 0 Å². The molecule has 100 valence electrons. The minimum Gasteiger partial charge on any atom is -0.384 e. The standard InChI is InChI=1S/C14H28N2O/c1-4-13-9-15-7-5-6-14(15)10-16(13)8-12(2)11-17-3/h12-14H,4-11H2,1-3H3. The highest BCUT2D eigenvalue weighted by Gasteiger charge is 2.35. The zero-order chi connectivity index (χ0) is 12.3. The molecule has 2 aliphatic heterocycles. The van der Waals surface area contributed by atoms with Crippen LogP contribution in [0.5, 0.6) is 0 Å². The van der Waals surface area contributed by atoms with Crippen molar-refractivity contribution in [3.05, 3.63) is 0 Å². The zero-order valence-electron chi connectivity index (χ0n) is 11.7. The predicted molar refractivity (Wildman–Crippen MR) is 71.3 cm³/mol. The summed E-state index contributed by atoms with van der Waals surface area (Å²) in [5.41, 5.74) is 0. The van der Waals surface area contributed by atoms with Gasteiger partial charge in [0.25, 0.3) is 0 Å². The van der Waals surface area contributed by atoms with E-state index in [1.807, 2.05) is 7.11 Å². The van der Waals surface area contributed by atoms with Crippen molar-refractivity contribution in [3.8, 4) is 0 Å². The molecule has 2 saturated heterocycles. The largest absolute Gasteiger partial charge is 0.384 e. The summed E-state index contributed by atoms with van der Waals surface area (Å²) in [7, 11) is 1.81. The van der Waals surface area contributed by atoms with Gasteiger partial charge < -0.3 is 4.74 Å². The second-order valence-electron chi connectivity index (χ2n) is 5.87. The van der Waals surface area contributed by atoms with Crippen molar-refractivity contribution >= 4 is 0 Å². The van der Waals surface area contributed by atoms with Gasteiger partial charge in [0.05, 0.1) is 0 Å². The maximum absolute atomic E-state index is 5.26. The van der Waals surface area contributed by atoms with E-state index in [4.69, 9.17) is 4.74 Å². The molecule has 3 nitrogen and oxygen atoms in total. The van der Waals surface area contributed by atoms with E-state index in [0.717, 1.165) is 18.7 Å². The van der Waals surface area contributed by atoms with E-state index >= 15 is 0 Å². The molecule has 3 unspecified atom stereocenters. The summed E-state index contributed by atoms with van der Waals surface area (Å²) >= 11 is 0. The number of hydrogen-bond donors (Lipinski definition) is 0. The maximum atomic E-state index is 5.26. The molecule has 3 heteroatoms. The Hall–Kier alpha value is -0.120. The predicted octanol–water partition coefficient (Wildman–Crippen LogP) is 1.83. The third-order valence-corrected chi connectivity index (χ3v) is 4.37. The Balaban J connectivity index is 1.90. The average molecular weight is 240 g/mol. The lowest BCUT2D eigenvalue weighted by atomic mass is 10.0. The molecule has 0 amide bonds. The first-order chi connectivity index (χ1) is 8.24. The Bertz CT molecular complexity index is 234. The van der Waals surface area contributed by atoms with Gasteiger partial charge in [-0.1, -0.05) is 13.8 Å². The van der Waals surface area contributed by atoms with Gasteiger partial charge in [-0.25, -0.2) is 0 Å². The second-order valence-corrected chi connectivity index (χ2v) is 5.87. The summed E-state index contributed by atoms with van der Waals surface area (Å²) in [5.74, 6) is 0.655. The van der Waals surface area contributed by atoms with Crippen molar-refractivity contribution in [1.29, 1.82) is 0 Å². The number of nitrogens with zero attached hydrogens (tertiary/aromatic N) is 2. The Labute approximate surface area is 106 Å². The number of piperazine rings is 1. The van der Waals surface area contributed by atoms with Crippen molar-refractivity contribution in [2.24, 2.45) is 5.92 Å². The lowest BCUT2D eigenvalue weighted by molar-refractivity contribution is 0.0289. The number of rotatable bonds is 5. The van der Waals surface area contributed by atoms with E-state index in [1.54, 1.807) is 0 Å². The molecular weight excluding hydrogens is 212 g/mol. The Morgan fingerprint density at radius 1 is 1.35 bits per heavy atom. The number of methoxy groups -OCH3 is 1. The van der Waals surface area contributed by atoms with Crippen LogP contribution >= 0.6 is 0 Å². The third-order valence-electron chi connectivity index (χ3n) is 4.37. The van der Waals surface area contributed by atoms with Gasteiger partial charge >= 0.3 is 0 Å². The molecule has 2 aliphatic rings. The summed E-state index contributed by atoms with van der Waals surface area (Å²) in [4.78, 5) is 5.43. The van der Waals surface area contributed by atoms with E-state index in [-0.39, 0.29) is 0 Å². The minimum atomic E-state index is 0.655. The first-order valence-electron chi connectivity index (χ1n) is 7.21. The van der Waals surface area contributed by atoms with Gasteiger partial charge in [-0.15, -0.1) is 0 Å². The molecule has 3 atom stereocenters. The molecule has 0 saturated carbocycles. The van der Waals surface area contributed by atoms with Crippen LogP contribution in [0.3, 0.4) is 0 Å². The Morgan fingerprint density at radius 2 is 2.18 bits per heavy atom. The summed E-state index contributed by atoms with van der Waals surface area (Å²) in [6.07, 6.45) is 4.09. The van der Waals surface area contributed by atoms with Crippen LogP contribution in [0.2, 0.25) is 0 Å². The van der Waals surface area contributed by atoms with Gasteiger partial charge in [-0.05, 0) is 31.7 Å². The van der Waals surface area contributed by atoms with Gasteiger partial charge in [-0.2, -0.15) is 0 Å². The molecular formula is C14H28N2O. The number of ether oxygens (including phenoxy) is 1. The van der Waals surface area contributed by atoms with Crippen LogP contribution in [-0.2, 0) is 4.74 Å². The van der Waals surface area contributed by atoms with Crippen LogP contribution in [0.1, 0.15) is 33.1 Å². The van der Waals surface area contributed by atoms with Crippen LogP contribution in [0.25, 0.3) is 0 Å². The fourth-order valence-electron chi connectivity index (χ4n) is 3.50. The zero-order valence-corrected chi connectivity index (χ0v) is 11.7. The highest BCUT2D eigenvalue weighted by molar-refractivity contribution is 4.92. The van der Waals surface area contributed by atoms with Crippen molar-refractivity contribution in [3.63, 3.8) is 0 Å². The summed E-state index contributed by atoms with van der Waals surface area (Å²) in [6.45, 7) is 10.6. The van der Waals surface area contributed by atoms with E-state index in [2.05, 4.69) is 23.6 Å². The van der Waals surface area contributed by atoms with Gasteiger partial charge in [0.1, 0.15) is 0 Å². The van der Waals surface area contributed by atoms with Crippen molar-refractivity contribution in [1.82, 2.24) is 9.80 Å². The number of fused-ring (bicyclic) bond motifs is 1. The third kappa shape index (κ3) is 3.21. The van der Waals surface area contributed by atoms with Crippen molar-refractivity contribution in [2.45, 2.75) is 45.2 Å². The molecule has 0 aromatic carbocycles. The van der Waals surface area contributed by atoms with E-state index in [9.17, 15) is 0 Å². The van der Waals surface area contributed by atoms with Gasteiger partial charge in [0.15, 0.2) is 0 Å². The average Bonchev–Trinajstić information content (AvgIpc) is 2.75. The molecule has 2 heterocycles. The van der Waals surface area contributed by atoms with E-state index in [0.29, 0.717) is 5.92 Å². The van der Waals surface area contributed by atoms with Crippen LogP contribution in [0.4, 0.5) is 0 Å².